The van der Waals surface area contributed by atoms with Gasteiger partial charge in [0.1, 0.15) is 5.76 Å². The number of Topliss-reactive ketones (excluding diaryl/α,β-unsaturated/α-hetero) is 1. The molecule has 0 aliphatic carbocycles. The smallest absolute Gasteiger partial charge is 0.241 e. The van der Waals surface area contributed by atoms with Crippen molar-refractivity contribution < 1.29 is 22.4 Å². The van der Waals surface area contributed by atoms with Crippen LogP contribution < -0.4 is 10.0 Å². The van der Waals surface area contributed by atoms with Crippen molar-refractivity contribution in [1.82, 2.24) is 10.0 Å². The van der Waals surface area contributed by atoms with Gasteiger partial charge < -0.3 is 9.73 Å². The predicted octanol–water partition coefficient (Wildman–Crippen LogP) is 1.51. The van der Waals surface area contributed by atoms with Crippen LogP contribution in [-0.2, 0) is 21.2 Å². The Bertz CT molecular complexity index is 826. The first-order chi connectivity index (χ1) is 11.8. The van der Waals surface area contributed by atoms with E-state index in [-0.39, 0.29) is 10.7 Å². The summed E-state index contributed by atoms with van der Waals surface area (Å²) in [4.78, 5) is 23.2. The van der Waals surface area contributed by atoms with Gasteiger partial charge in [0.25, 0.3) is 0 Å². The van der Waals surface area contributed by atoms with Crippen LogP contribution in [0.25, 0.3) is 0 Å². The topological polar surface area (TPSA) is 105 Å². The van der Waals surface area contributed by atoms with Gasteiger partial charge in [-0.25, -0.2) is 8.42 Å². The van der Waals surface area contributed by atoms with Gasteiger partial charge in [0, 0.05) is 18.5 Å². The molecule has 8 heteroatoms. The molecule has 25 heavy (non-hydrogen) atoms. The summed E-state index contributed by atoms with van der Waals surface area (Å²) in [5, 5.41) is 2.65. The van der Waals surface area contributed by atoms with Crippen LogP contribution in [-0.4, -0.2) is 32.7 Å². The molecule has 1 aromatic carbocycles. The average Bonchev–Trinajstić information content (AvgIpc) is 3.07. The number of benzene rings is 1. The highest BCUT2D eigenvalue weighted by atomic mass is 32.2. The Kier molecular flexibility index (Phi) is 6.11. The third-order valence-corrected chi connectivity index (χ3v) is 5.10. The fraction of sp³-hybridized carbons (Fsp3) is 0.294. The lowest BCUT2D eigenvalue weighted by Crippen LogP contribution is -2.45. The summed E-state index contributed by atoms with van der Waals surface area (Å²) in [7, 11) is -3.86. The lowest BCUT2D eigenvalue weighted by Gasteiger charge is -2.14. The molecule has 134 valence electrons. The first kappa shape index (κ1) is 18.9. The highest BCUT2D eigenvalue weighted by molar-refractivity contribution is 7.89. The number of hydrogen-bond acceptors (Lipinski definition) is 5. The van der Waals surface area contributed by atoms with Crippen LogP contribution in [0.5, 0.6) is 0 Å². The van der Waals surface area contributed by atoms with Crippen LogP contribution in [0.3, 0.4) is 0 Å². The van der Waals surface area contributed by atoms with Crippen molar-refractivity contribution in [3.8, 4) is 0 Å². The SMILES string of the molecule is CC(=O)c1ccc(S(=O)(=O)N[C@@H](C)C(=O)NCCc2ccco2)cc1. The zero-order valence-corrected chi connectivity index (χ0v) is 14.8. The Balaban J connectivity index is 1.91. The van der Waals surface area contributed by atoms with Crippen LogP contribution in [0, 0.1) is 0 Å². The van der Waals surface area contributed by atoms with Crippen LogP contribution in [0.2, 0.25) is 0 Å². The van der Waals surface area contributed by atoms with E-state index in [9.17, 15) is 18.0 Å². The molecule has 1 aromatic heterocycles. The van der Waals surface area contributed by atoms with E-state index in [0.717, 1.165) is 5.76 Å². The van der Waals surface area contributed by atoms with Gasteiger partial charge in [0.05, 0.1) is 17.2 Å². The number of sulfonamides is 1. The summed E-state index contributed by atoms with van der Waals surface area (Å²) in [5.41, 5.74) is 0.419. The van der Waals surface area contributed by atoms with E-state index in [1.807, 2.05) is 0 Å². The molecule has 0 fully saturated rings. The molecule has 0 spiro atoms. The summed E-state index contributed by atoms with van der Waals surface area (Å²) < 4.78 is 32.1. The minimum absolute atomic E-state index is 0.00673. The Labute approximate surface area is 146 Å². The fourth-order valence-corrected chi connectivity index (χ4v) is 3.34. The monoisotopic (exact) mass is 364 g/mol. The first-order valence-electron chi connectivity index (χ1n) is 7.73. The molecular formula is C17H20N2O5S. The second-order valence-corrected chi connectivity index (χ2v) is 7.26. The van der Waals surface area contributed by atoms with Crippen molar-refractivity contribution in [3.63, 3.8) is 0 Å². The van der Waals surface area contributed by atoms with Gasteiger partial charge in [-0.3, -0.25) is 9.59 Å². The molecule has 2 N–H and O–H groups in total. The quantitative estimate of drug-likeness (QED) is 0.691. The van der Waals surface area contributed by atoms with Crippen molar-refractivity contribution in [2.75, 3.05) is 6.54 Å². The molecule has 0 aliphatic rings. The summed E-state index contributed by atoms with van der Waals surface area (Å²) in [5.74, 6) is 0.149. The van der Waals surface area contributed by atoms with Gasteiger partial charge in [0.2, 0.25) is 15.9 Å². The molecule has 0 bridgehead atoms. The van der Waals surface area contributed by atoms with Gasteiger partial charge in [-0.2, -0.15) is 4.72 Å². The van der Waals surface area contributed by atoms with E-state index < -0.39 is 22.0 Å². The zero-order valence-electron chi connectivity index (χ0n) is 14.0. The number of amides is 1. The number of carbonyl (C=O) groups is 2. The summed E-state index contributed by atoms with van der Waals surface area (Å²) in [6.45, 7) is 3.20. The molecule has 1 amide bonds. The Morgan fingerprint density at radius 1 is 1.16 bits per heavy atom. The Morgan fingerprint density at radius 3 is 2.40 bits per heavy atom. The van der Waals surface area contributed by atoms with E-state index >= 15 is 0 Å². The van der Waals surface area contributed by atoms with Crippen LogP contribution >= 0.6 is 0 Å². The summed E-state index contributed by atoms with van der Waals surface area (Å²) >= 11 is 0. The van der Waals surface area contributed by atoms with E-state index in [0.29, 0.717) is 18.5 Å². The third kappa shape index (κ3) is 5.27. The number of rotatable bonds is 8. The van der Waals surface area contributed by atoms with Crippen molar-refractivity contribution in [1.29, 1.82) is 0 Å². The number of furan rings is 1. The highest BCUT2D eigenvalue weighted by Crippen LogP contribution is 2.11. The van der Waals surface area contributed by atoms with E-state index in [2.05, 4.69) is 10.0 Å². The number of nitrogens with one attached hydrogen (secondary N) is 2. The largest absolute Gasteiger partial charge is 0.469 e. The van der Waals surface area contributed by atoms with E-state index in [1.54, 1.807) is 18.4 Å². The maximum absolute atomic E-state index is 12.3. The van der Waals surface area contributed by atoms with Crippen LogP contribution in [0.1, 0.15) is 30.0 Å². The van der Waals surface area contributed by atoms with Gasteiger partial charge in [-0.05, 0) is 38.1 Å². The lowest BCUT2D eigenvalue weighted by molar-refractivity contribution is -0.122. The molecule has 7 nitrogen and oxygen atoms in total. The Hall–Kier alpha value is -2.45. The maximum Gasteiger partial charge on any atom is 0.241 e. The molecule has 2 rings (SSSR count). The molecule has 0 unspecified atom stereocenters. The summed E-state index contributed by atoms with van der Waals surface area (Å²) in [6, 6.07) is 8.15. The number of ketones is 1. The standard InChI is InChI=1S/C17H20N2O5S/c1-12(17(21)18-10-9-15-4-3-11-24-15)19-25(22,23)16-7-5-14(6-8-16)13(2)20/h3-8,11-12,19H,9-10H2,1-2H3,(H,18,21)/t12-/m0/s1. The molecular weight excluding hydrogens is 344 g/mol. The zero-order chi connectivity index (χ0) is 18.4. The number of carbonyl (C=O) groups excluding carboxylic acids is 2. The predicted molar refractivity (Wildman–Crippen MR) is 91.7 cm³/mol. The second kappa shape index (κ2) is 8.09. The van der Waals surface area contributed by atoms with Gasteiger partial charge >= 0.3 is 0 Å². The first-order valence-corrected chi connectivity index (χ1v) is 9.21. The fourth-order valence-electron chi connectivity index (χ4n) is 2.14. The van der Waals surface area contributed by atoms with Gasteiger partial charge in [-0.1, -0.05) is 12.1 Å². The minimum Gasteiger partial charge on any atom is -0.469 e. The third-order valence-electron chi connectivity index (χ3n) is 3.55. The molecule has 0 aliphatic heterocycles. The lowest BCUT2D eigenvalue weighted by atomic mass is 10.2. The van der Waals surface area contributed by atoms with Crippen molar-refractivity contribution in [2.45, 2.75) is 31.2 Å². The maximum atomic E-state index is 12.3. The highest BCUT2D eigenvalue weighted by Gasteiger charge is 2.22. The molecule has 0 radical (unpaired) electrons. The molecule has 1 heterocycles. The van der Waals surface area contributed by atoms with Crippen LogP contribution in [0.15, 0.2) is 52.0 Å². The van der Waals surface area contributed by atoms with E-state index in [4.69, 9.17) is 4.42 Å². The van der Waals surface area contributed by atoms with E-state index in [1.165, 1.54) is 38.1 Å². The van der Waals surface area contributed by atoms with Crippen molar-refractivity contribution in [3.05, 3.63) is 54.0 Å². The average molecular weight is 364 g/mol. The molecule has 2 aromatic rings. The van der Waals surface area contributed by atoms with Crippen molar-refractivity contribution >= 4 is 21.7 Å². The minimum atomic E-state index is -3.86. The normalized spacial score (nSPS) is 12.6. The summed E-state index contributed by atoms with van der Waals surface area (Å²) in [6.07, 6.45) is 2.07. The molecule has 0 saturated carbocycles. The molecule has 1 atom stereocenters. The van der Waals surface area contributed by atoms with Crippen LogP contribution in [0.4, 0.5) is 0 Å². The number of hydrogen-bond donors (Lipinski definition) is 2. The second-order valence-electron chi connectivity index (χ2n) is 5.54. The van der Waals surface area contributed by atoms with Crippen molar-refractivity contribution in [2.24, 2.45) is 0 Å². The van der Waals surface area contributed by atoms with Gasteiger partial charge in [0.15, 0.2) is 5.78 Å². The van der Waals surface area contributed by atoms with Gasteiger partial charge in [-0.15, -0.1) is 0 Å². The molecule has 0 saturated heterocycles. The Morgan fingerprint density at radius 2 is 1.84 bits per heavy atom.